The molecule has 1 rings (SSSR count). The summed E-state index contributed by atoms with van der Waals surface area (Å²) in [6.45, 7) is 0. The summed E-state index contributed by atoms with van der Waals surface area (Å²) >= 11 is 3.40. The molecule has 1 nitrogen and oxygen atoms in total. The van der Waals surface area contributed by atoms with Crippen LogP contribution in [-0.2, 0) is 5.75 Å². The maximum absolute atomic E-state index is 5.08. The maximum Gasteiger partial charge on any atom is 0.102 e. The number of rotatable bonds is 3. The quantitative estimate of drug-likeness (QED) is 0.507. The average molecular weight is 169 g/mol. The van der Waals surface area contributed by atoms with E-state index < -0.39 is 0 Å². The van der Waals surface area contributed by atoms with E-state index in [1.54, 1.807) is 23.1 Å². The van der Waals surface area contributed by atoms with Crippen LogP contribution in [0, 0.1) is 12.3 Å². The van der Waals surface area contributed by atoms with Crippen molar-refractivity contribution < 1.29 is 0 Å². The predicted molar refractivity (Wildman–Crippen MR) is 47.1 cm³/mol. The molecule has 1 aromatic rings. The monoisotopic (exact) mass is 169 g/mol. The SMILES string of the molecule is C#CCSCc1nccs1. The Kier molecular flexibility index (Phi) is 3.34. The number of aromatic nitrogens is 1. The van der Waals surface area contributed by atoms with Gasteiger partial charge in [0.1, 0.15) is 5.01 Å². The van der Waals surface area contributed by atoms with Gasteiger partial charge in [-0.15, -0.1) is 29.5 Å². The van der Waals surface area contributed by atoms with Gasteiger partial charge < -0.3 is 0 Å². The Morgan fingerprint density at radius 2 is 2.70 bits per heavy atom. The summed E-state index contributed by atoms with van der Waals surface area (Å²) in [5, 5.41) is 3.13. The summed E-state index contributed by atoms with van der Waals surface area (Å²) in [6.07, 6.45) is 6.90. The third-order valence-electron chi connectivity index (χ3n) is 0.894. The highest BCUT2D eigenvalue weighted by Crippen LogP contribution is 2.12. The van der Waals surface area contributed by atoms with Gasteiger partial charge in [0.25, 0.3) is 0 Å². The summed E-state index contributed by atoms with van der Waals surface area (Å²) < 4.78 is 0. The number of thiazole rings is 1. The highest BCUT2D eigenvalue weighted by molar-refractivity contribution is 7.98. The zero-order valence-electron chi connectivity index (χ0n) is 5.41. The zero-order valence-corrected chi connectivity index (χ0v) is 7.04. The summed E-state index contributed by atoms with van der Waals surface area (Å²) in [5.41, 5.74) is 0. The molecule has 0 radical (unpaired) electrons. The van der Waals surface area contributed by atoms with Crippen molar-refractivity contribution in [2.45, 2.75) is 5.75 Å². The number of hydrogen-bond donors (Lipinski definition) is 0. The highest BCUT2D eigenvalue weighted by Gasteiger charge is 1.92. The molecule has 0 N–H and O–H groups in total. The molecular formula is C7H7NS2. The molecule has 1 aromatic heterocycles. The van der Waals surface area contributed by atoms with Gasteiger partial charge in [-0.2, -0.15) is 0 Å². The van der Waals surface area contributed by atoms with Crippen molar-refractivity contribution in [1.82, 2.24) is 4.98 Å². The highest BCUT2D eigenvalue weighted by atomic mass is 32.2. The Balaban J connectivity index is 2.23. The van der Waals surface area contributed by atoms with E-state index in [1.807, 2.05) is 11.6 Å². The Hall–Kier alpha value is -0.460. The van der Waals surface area contributed by atoms with Crippen LogP contribution in [0.2, 0.25) is 0 Å². The number of terminal acetylenes is 1. The number of thioether (sulfide) groups is 1. The minimum absolute atomic E-state index is 0.777. The van der Waals surface area contributed by atoms with Crippen LogP contribution >= 0.6 is 23.1 Å². The molecule has 0 aliphatic carbocycles. The Morgan fingerprint density at radius 1 is 1.80 bits per heavy atom. The normalized spacial score (nSPS) is 9.10. The van der Waals surface area contributed by atoms with E-state index in [9.17, 15) is 0 Å². The summed E-state index contributed by atoms with van der Waals surface area (Å²) in [7, 11) is 0. The van der Waals surface area contributed by atoms with Gasteiger partial charge >= 0.3 is 0 Å². The van der Waals surface area contributed by atoms with E-state index in [4.69, 9.17) is 6.42 Å². The second-order valence-electron chi connectivity index (χ2n) is 1.62. The molecular weight excluding hydrogens is 162 g/mol. The van der Waals surface area contributed by atoms with Crippen molar-refractivity contribution in [1.29, 1.82) is 0 Å². The van der Waals surface area contributed by atoms with Crippen LogP contribution in [0.1, 0.15) is 5.01 Å². The molecule has 10 heavy (non-hydrogen) atoms. The lowest BCUT2D eigenvalue weighted by molar-refractivity contribution is 1.27. The van der Waals surface area contributed by atoms with Crippen molar-refractivity contribution in [3.63, 3.8) is 0 Å². The van der Waals surface area contributed by atoms with E-state index in [-0.39, 0.29) is 0 Å². The van der Waals surface area contributed by atoms with Gasteiger partial charge in [-0.1, -0.05) is 5.92 Å². The summed E-state index contributed by atoms with van der Waals surface area (Å²) in [5.74, 6) is 4.29. The van der Waals surface area contributed by atoms with E-state index in [2.05, 4.69) is 10.9 Å². The van der Waals surface area contributed by atoms with Gasteiger partial charge in [-0.05, 0) is 0 Å². The first-order chi connectivity index (χ1) is 4.93. The third kappa shape index (κ3) is 2.42. The van der Waals surface area contributed by atoms with Crippen LogP contribution in [0.5, 0.6) is 0 Å². The minimum atomic E-state index is 0.777. The van der Waals surface area contributed by atoms with Crippen molar-refractivity contribution in [3.05, 3.63) is 16.6 Å². The van der Waals surface area contributed by atoms with E-state index >= 15 is 0 Å². The van der Waals surface area contributed by atoms with Crippen LogP contribution in [0.15, 0.2) is 11.6 Å². The zero-order chi connectivity index (χ0) is 7.23. The molecule has 52 valence electrons. The first-order valence-corrected chi connectivity index (χ1v) is 4.86. The van der Waals surface area contributed by atoms with Crippen LogP contribution in [0.4, 0.5) is 0 Å². The standard InChI is InChI=1S/C7H7NS2/c1-2-4-9-6-7-8-3-5-10-7/h1,3,5H,4,6H2. The van der Waals surface area contributed by atoms with E-state index in [0.717, 1.165) is 16.5 Å². The molecule has 1 heterocycles. The van der Waals surface area contributed by atoms with Crippen LogP contribution < -0.4 is 0 Å². The van der Waals surface area contributed by atoms with Gasteiger partial charge in [0, 0.05) is 17.3 Å². The second kappa shape index (κ2) is 4.37. The molecule has 0 saturated carbocycles. The Bertz CT molecular complexity index is 210. The topological polar surface area (TPSA) is 12.9 Å². The fourth-order valence-corrected chi connectivity index (χ4v) is 1.91. The van der Waals surface area contributed by atoms with Gasteiger partial charge in [0.2, 0.25) is 0 Å². The molecule has 0 aliphatic heterocycles. The maximum atomic E-state index is 5.08. The second-order valence-corrected chi connectivity index (χ2v) is 3.59. The van der Waals surface area contributed by atoms with Crippen LogP contribution in [0.25, 0.3) is 0 Å². The lowest BCUT2D eigenvalue weighted by Crippen LogP contribution is -1.77. The molecule has 0 bridgehead atoms. The smallest absolute Gasteiger partial charge is 0.102 e. The minimum Gasteiger partial charge on any atom is -0.249 e. The van der Waals surface area contributed by atoms with Crippen LogP contribution in [0.3, 0.4) is 0 Å². The molecule has 0 spiro atoms. The third-order valence-corrected chi connectivity index (χ3v) is 2.71. The van der Waals surface area contributed by atoms with Gasteiger partial charge in [0.05, 0.1) is 5.75 Å². The Morgan fingerprint density at radius 3 is 3.30 bits per heavy atom. The first kappa shape index (κ1) is 7.64. The van der Waals surface area contributed by atoms with Gasteiger partial charge in [0.15, 0.2) is 0 Å². The summed E-state index contributed by atoms with van der Waals surface area (Å²) in [6, 6.07) is 0. The van der Waals surface area contributed by atoms with Crippen molar-refractivity contribution >= 4 is 23.1 Å². The van der Waals surface area contributed by atoms with Crippen molar-refractivity contribution in [2.24, 2.45) is 0 Å². The fraction of sp³-hybridized carbons (Fsp3) is 0.286. The van der Waals surface area contributed by atoms with E-state index in [1.165, 1.54) is 0 Å². The molecule has 3 heteroatoms. The number of nitrogens with zero attached hydrogens (tertiary/aromatic N) is 1. The van der Waals surface area contributed by atoms with E-state index in [0.29, 0.717) is 0 Å². The molecule has 0 unspecified atom stereocenters. The molecule has 0 saturated heterocycles. The Labute approximate surface area is 68.9 Å². The van der Waals surface area contributed by atoms with Crippen LogP contribution in [-0.4, -0.2) is 10.7 Å². The van der Waals surface area contributed by atoms with Gasteiger partial charge in [-0.25, -0.2) is 4.98 Å². The predicted octanol–water partition coefficient (Wildman–Crippen LogP) is 2.01. The summed E-state index contributed by atoms with van der Waals surface area (Å²) in [4.78, 5) is 4.12. The number of hydrogen-bond acceptors (Lipinski definition) is 3. The molecule has 0 fully saturated rings. The largest absolute Gasteiger partial charge is 0.249 e. The lowest BCUT2D eigenvalue weighted by Gasteiger charge is -1.89. The fourth-order valence-electron chi connectivity index (χ4n) is 0.522. The van der Waals surface area contributed by atoms with Crippen molar-refractivity contribution in [2.75, 3.05) is 5.75 Å². The molecule has 0 amide bonds. The first-order valence-electron chi connectivity index (χ1n) is 2.83. The lowest BCUT2D eigenvalue weighted by atomic mass is 10.8. The van der Waals surface area contributed by atoms with Crippen molar-refractivity contribution in [3.8, 4) is 12.3 Å². The van der Waals surface area contributed by atoms with Gasteiger partial charge in [-0.3, -0.25) is 0 Å². The molecule has 0 atom stereocenters. The molecule has 0 aromatic carbocycles. The average Bonchev–Trinajstić information content (AvgIpc) is 2.41. The molecule has 0 aliphatic rings.